The first-order chi connectivity index (χ1) is 18.1. The molecule has 4 heterocycles. The van der Waals surface area contributed by atoms with Gasteiger partial charge in [0.2, 0.25) is 5.69 Å². The van der Waals surface area contributed by atoms with Gasteiger partial charge in [-0.1, -0.05) is 49.4 Å². The lowest BCUT2D eigenvalue weighted by molar-refractivity contribution is -0.593. The van der Waals surface area contributed by atoms with Gasteiger partial charge in [0.15, 0.2) is 11.8 Å². The fourth-order valence-corrected chi connectivity index (χ4v) is 4.68. The van der Waals surface area contributed by atoms with Crippen molar-refractivity contribution in [2.24, 2.45) is 0 Å². The second-order valence-electron chi connectivity index (χ2n) is 8.81. The molecule has 2 aromatic carbocycles. The van der Waals surface area contributed by atoms with Crippen molar-refractivity contribution in [2.75, 3.05) is 0 Å². The van der Waals surface area contributed by atoms with Crippen LogP contribution in [0.4, 0.5) is 0 Å². The number of imidazole rings is 1. The molecule has 0 bridgehead atoms. The Morgan fingerprint density at radius 3 is 2.49 bits per heavy atom. The van der Waals surface area contributed by atoms with E-state index in [0.29, 0.717) is 12.2 Å². The molecule has 6 rings (SSSR count). The molecule has 0 atom stereocenters. The van der Waals surface area contributed by atoms with Crippen LogP contribution in [0.15, 0.2) is 85.3 Å². The lowest BCUT2D eigenvalue weighted by atomic mass is 10.0. The van der Waals surface area contributed by atoms with Gasteiger partial charge in [0.25, 0.3) is 0 Å². The number of rotatable bonds is 6. The summed E-state index contributed by atoms with van der Waals surface area (Å²) < 4.78 is 4.69. The van der Waals surface area contributed by atoms with Gasteiger partial charge >= 0.3 is 0 Å². The van der Waals surface area contributed by atoms with Crippen molar-refractivity contribution in [2.45, 2.75) is 26.8 Å². The average molecular weight is 489 g/mol. The van der Waals surface area contributed by atoms with E-state index >= 15 is 0 Å². The second kappa shape index (κ2) is 9.27. The number of pyridine rings is 2. The van der Waals surface area contributed by atoms with E-state index in [1.54, 1.807) is 23.1 Å². The van der Waals surface area contributed by atoms with E-state index in [1.165, 1.54) is 6.20 Å². The zero-order chi connectivity index (χ0) is 25.4. The van der Waals surface area contributed by atoms with Gasteiger partial charge in [-0.25, -0.2) is 9.97 Å². The first-order valence-electron chi connectivity index (χ1n) is 12.1. The number of benzene rings is 2. The molecular formula is C28H24N8O. The fourth-order valence-electron chi connectivity index (χ4n) is 4.68. The third kappa shape index (κ3) is 4.10. The van der Waals surface area contributed by atoms with Crippen molar-refractivity contribution in [1.29, 1.82) is 0 Å². The minimum atomic E-state index is 0.569. The Morgan fingerprint density at radius 1 is 0.919 bits per heavy atom. The van der Waals surface area contributed by atoms with Gasteiger partial charge in [-0.2, -0.15) is 9.41 Å². The number of fused-ring (bicyclic) bond motifs is 1. The number of hydrogen-bond acceptors (Lipinski definition) is 6. The molecule has 9 heteroatoms. The van der Waals surface area contributed by atoms with Crippen molar-refractivity contribution < 1.29 is 4.73 Å². The number of hydrogen-bond donors (Lipinski definition) is 0. The Morgan fingerprint density at radius 2 is 1.73 bits per heavy atom. The molecule has 182 valence electrons. The van der Waals surface area contributed by atoms with Crippen LogP contribution >= 0.6 is 0 Å². The molecular weight excluding hydrogens is 464 g/mol. The summed E-state index contributed by atoms with van der Waals surface area (Å²) in [4.78, 5) is 9.75. The molecule has 6 aromatic rings. The van der Waals surface area contributed by atoms with Crippen LogP contribution in [0.2, 0.25) is 0 Å². The minimum absolute atomic E-state index is 0.569. The SMILES string of the molecule is CCc1nc2cc(-c3cccc[n+]3[O-])c(C)nc2n1Cc1ccc(-c2ccccc2-n2cnnn2)cc1. The molecule has 37 heavy (non-hydrogen) atoms. The third-order valence-corrected chi connectivity index (χ3v) is 6.51. The molecule has 9 nitrogen and oxygen atoms in total. The standard InChI is InChI=1S/C28H24N8O/c1-3-27-31-24-16-23(26-10-6-7-15-36(26)37)19(2)30-28(24)34(27)17-20-11-13-21(14-12-20)22-8-4-5-9-25(22)35-18-29-32-33-35/h4-16,18H,3,17H2,1-2H3. The van der Waals surface area contributed by atoms with E-state index in [9.17, 15) is 5.21 Å². The predicted octanol–water partition coefficient (Wildman–Crippen LogP) is 4.29. The van der Waals surface area contributed by atoms with Gasteiger partial charge in [0.05, 0.1) is 23.5 Å². The molecule has 0 radical (unpaired) electrons. The molecule has 0 amide bonds. The van der Waals surface area contributed by atoms with Gasteiger partial charge in [-0.3, -0.25) is 0 Å². The Balaban J connectivity index is 1.35. The Bertz CT molecular complexity index is 1710. The number of aryl methyl sites for hydroxylation is 2. The van der Waals surface area contributed by atoms with Crippen LogP contribution in [0, 0.1) is 12.1 Å². The zero-order valence-corrected chi connectivity index (χ0v) is 20.5. The lowest BCUT2D eigenvalue weighted by Crippen LogP contribution is -2.28. The van der Waals surface area contributed by atoms with Crippen LogP contribution in [0.1, 0.15) is 24.0 Å². The van der Waals surface area contributed by atoms with Gasteiger partial charge < -0.3 is 9.77 Å². The van der Waals surface area contributed by atoms with Gasteiger partial charge in [0, 0.05) is 24.1 Å². The van der Waals surface area contributed by atoms with Crippen LogP contribution in [0.25, 0.3) is 39.2 Å². The lowest BCUT2D eigenvalue weighted by Gasteiger charge is -2.12. The summed E-state index contributed by atoms with van der Waals surface area (Å²) in [7, 11) is 0. The summed E-state index contributed by atoms with van der Waals surface area (Å²) in [6.45, 7) is 4.67. The van der Waals surface area contributed by atoms with Gasteiger partial charge in [-0.15, -0.1) is 5.10 Å². The molecule has 0 saturated carbocycles. The highest BCUT2D eigenvalue weighted by Gasteiger charge is 2.18. The number of aromatic nitrogens is 8. The van der Waals surface area contributed by atoms with E-state index in [0.717, 1.165) is 61.8 Å². The molecule has 0 aliphatic heterocycles. The summed E-state index contributed by atoms with van der Waals surface area (Å²) >= 11 is 0. The van der Waals surface area contributed by atoms with Crippen LogP contribution in [-0.4, -0.2) is 34.7 Å². The normalized spacial score (nSPS) is 11.3. The smallest absolute Gasteiger partial charge is 0.225 e. The molecule has 0 spiro atoms. The van der Waals surface area contributed by atoms with E-state index in [1.807, 2.05) is 37.3 Å². The van der Waals surface area contributed by atoms with Crippen molar-refractivity contribution in [3.63, 3.8) is 0 Å². The summed E-state index contributed by atoms with van der Waals surface area (Å²) in [5.74, 6) is 0.954. The second-order valence-corrected chi connectivity index (χ2v) is 8.81. The molecule has 0 N–H and O–H groups in total. The monoisotopic (exact) mass is 488 g/mol. The molecule has 0 aliphatic rings. The van der Waals surface area contributed by atoms with Gasteiger partial charge in [-0.05, 0) is 46.7 Å². The van der Waals surface area contributed by atoms with E-state index in [2.05, 4.69) is 57.3 Å². The molecule has 0 saturated heterocycles. The van der Waals surface area contributed by atoms with Crippen LogP contribution in [0.5, 0.6) is 0 Å². The Kier molecular flexibility index (Phi) is 5.65. The van der Waals surface area contributed by atoms with E-state index in [4.69, 9.17) is 9.97 Å². The van der Waals surface area contributed by atoms with Crippen molar-refractivity contribution >= 4 is 11.2 Å². The highest BCUT2D eigenvalue weighted by molar-refractivity contribution is 5.79. The van der Waals surface area contributed by atoms with E-state index in [-0.39, 0.29) is 0 Å². The summed E-state index contributed by atoms with van der Waals surface area (Å²) in [6, 6.07) is 23.9. The van der Waals surface area contributed by atoms with Crippen LogP contribution in [-0.2, 0) is 13.0 Å². The van der Waals surface area contributed by atoms with Gasteiger partial charge in [0.1, 0.15) is 17.7 Å². The summed E-state index contributed by atoms with van der Waals surface area (Å²) in [5.41, 5.74) is 7.94. The molecule has 0 aliphatic carbocycles. The van der Waals surface area contributed by atoms with Crippen molar-refractivity contribution in [3.05, 3.63) is 108 Å². The van der Waals surface area contributed by atoms with Crippen molar-refractivity contribution in [1.82, 2.24) is 34.7 Å². The Labute approximate surface area is 213 Å². The maximum atomic E-state index is 12.3. The first kappa shape index (κ1) is 22.5. The predicted molar refractivity (Wildman–Crippen MR) is 140 cm³/mol. The average Bonchev–Trinajstić information content (AvgIpc) is 3.58. The van der Waals surface area contributed by atoms with Crippen molar-refractivity contribution in [3.8, 4) is 28.1 Å². The first-order valence-corrected chi connectivity index (χ1v) is 12.1. The quantitative estimate of drug-likeness (QED) is 0.256. The molecule has 4 aromatic heterocycles. The molecule has 0 unspecified atom stereocenters. The highest BCUT2D eigenvalue weighted by Crippen LogP contribution is 2.28. The maximum Gasteiger partial charge on any atom is 0.225 e. The number of para-hydroxylation sites is 1. The summed E-state index contributed by atoms with van der Waals surface area (Å²) in [6.07, 6.45) is 3.87. The third-order valence-electron chi connectivity index (χ3n) is 6.51. The zero-order valence-electron chi connectivity index (χ0n) is 20.5. The minimum Gasteiger partial charge on any atom is -0.618 e. The topological polar surface area (TPSA) is 101 Å². The van der Waals surface area contributed by atoms with Crippen LogP contribution in [0.3, 0.4) is 0 Å². The number of nitrogens with zero attached hydrogens (tertiary/aromatic N) is 8. The van der Waals surface area contributed by atoms with E-state index < -0.39 is 0 Å². The van der Waals surface area contributed by atoms with Crippen LogP contribution < -0.4 is 4.73 Å². The Hall–Kier alpha value is -4.92. The maximum absolute atomic E-state index is 12.3. The highest BCUT2D eigenvalue weighted by atomic mass is 16.5. The fraction of sp³-hybridized carbons (Fsp3) is 0.143. The number of tetrazole rings is 1. The molecule has 0 fully saturated rings. The largest absolute Gasteiger partial charge is 0.618 e. The summed E-state index contributed by atoms with van der Waals surface area (Å²) in [5, 5.41) is 23.9.